The molecule has 19 heavy (non-hydrogen) atoms. The van der Waals surface area contributed by atoms with Gasteiger partial charge in [0.25, 0.3) is 5.56 Å². The van der Waals surface area contributed by atoms with E-state index < -0.39 is 5.56 Å². The van der Waals surface area contributed by atoms with Crippen molar-refractivity contribution in [2.45, 2.75) is 0 Å². The molecule has 3 aromatic rings. The highest BCUT2D eigenvalue weighted by Gasteiger charge is 2.09. The first-order valence-electron chi connectivity index (χ1n) is 5.74. The zero-order valence-electron chi connectivity index (χ0n) is 9.96. The van der Waals surface area contributed by atoms with E-state index in [2.05, 4.69) is 9.97 Å². The average Bonchev–Trinajstić information content (AvgIpc) is 2.44. The molecule has 0 fully saturated rings. The van der Waals surface area contributed by atoms with Crippen molar-refractivity contribution in [1.29, 1.82) is 0 Å². The van der Waals surface area contributed by atoms with Gasteiger partial charge in [-0.2, -0.15) is 0 Å². The molecule has 1 aromatic heterocycles. The van der Waals surface area contributed by atoms with Gasteiger partial charge in [-0.1, -0.05) is 36.4 Å². The number of hydrogen-bond acceptors (Lipinski definition) is 4. The van der Waals surface area contributed by atoms with E-state index in [4.69, 9.17) is 10.5 Å². The van der Waals surface area contributed by atoms with Gasteiger partial charge in [0, 0.05) is 5.39 Å². The second-order valence-corrected chi connectivity index (χ2v) is 4.03. The number of benzene rings is 2. The standard InChI is InChI=1S/C14H11N3O2/c15-12-13(18)16-8-17-14(12)19-11-7-3-5-9-4-1-2-6-10(9)11/h1-8H,15H2,(H,16,17,18). The molecule has 0 aliphatic heterocycles. The molecule has 0 amide bonds. The molecule has 0 spiro atoms. The van der Waals surface area contributed by atoms with Crippen LogP contribution in [-0.2, 0) is 0 Å². The van der Waals surface area contributed by atoms with Crippen LogP contribution < -0.4 is 16.0 Å². The Morgan fingerprint density at radius 1 is 1.11 bits per heavy atom. The zero-order valence-corrected chi connectivity index (χ0v) is 9.96. The van der Waals surface area contributed by atoms with Gasteiger partial charge in [-0.15, -0.1) is 0 Å². The SMILES string of the molecule is Nc1c(Oc2cccc3ccccc23)nc[nH]c1=O. The highest BCUT2D eigenvalue weighted by atomic mass is 16.5. The molecule has 94 valence electrons. The number of nitrogens with one attached hydrogen (secondary N) is 1. The summed E-state index contributed by atoms with van der Waals surface area (Å²) in [7, 11) is 0. The largest absolute Gasteiger partial charge is 0.436 e. The van der Waals surface area contributed by atoms with E-state index in [0.717, 1.165) is 10.8 Å². The molecule has 0 bridgehead atoms. The first-order valence-corrected chi connectivity index (χ1v) is 5.74. The third-order valence-corrected chi connectivity index (χ3v) is 2.81. The summed E-state index contributed by atoms with van der Waals surface area (Å²) in [6.45, 7) is 0. The van der Waals surface area contributed by atoms with Gasteiger partial charge in [-0.25, -0.2) is 4.98 Å². The van der Waals surface area contributed by atoms with E-state index in [-0.39, 0.29) is 11.6 Å². The minimum absolute atomic E-state index is 0.0320. The predicted molar refractivity (Wildman–Crippen MR) is 73.3 cm³/mol. The van der Waals surface area contributed by atoms with Crippen LogP contribution in [-0.4, -0.2) is 9.97 Å². The molecule has 0 atom stereocenters. The fourth-order valence-corrected chi connectivity index (χ4v) is 1.86. The van der Waals surface area contributed by atoms with Crippen LogP contribution in [0.3, 0.4) is 0 Å². The van der Waals surface area contributed by atoms with Crippen molar-refractivity contribution < 1.29 is 4.74 Å². The van der Waals surface area contributed by atoms with Crippen molar-refractivity contribution >= 4 is 16.5 Å². The lowest BCUT2D eigenvalue weighted by Gasteiger charge is -2.08. The third kappa shape index (κ3) is 2.01. The summed E-state index contributed by atoms with van der Waals surface area (Å²) in [6, 6.07) is 13.5. The predicted octanol–water partition coefficient (Wildman–Crippen LogP) is 2.30. The Morgan fingerprint density at radius 3 is 2.79 bits per heavy atom. The average molecular weight is 253 g/mol. The first-order chi connectivity index (χ1) is 9.25. The zero-order chi connectivity index (χ0) is 13.2. The van der Waals surface area contributed by atoms with Crippen LogP contribution in [0.1, 0.15) is 0 Å². The third-order valence-electron chi connectivity index (χ3n) is 2.81. The Labute approximate surface area is 108 Å². The van der Waals surface area contributed by atoms with E-state index in [1.54, 1.807) is 0 Å². The number of nitrogen functional groups attached to an aromatic ring is 1. The fraction of sp³-hybridized carbons (Fsp3) is 0. The molecule has 0 aliphatic carbocycles. The molecule has 5 heteroatoms. The summed E-state index contributed by atoms with van der Waals surface area (Å²) in [5, 5.41) is 1.98. The number of nitrogens with two attached hydrogens (primary N) is 1. The van der Waals surface area contributed by atoms with E-state index in [1.165, 1.54) is 6.33 Å². The molecule has 5 nitrogen and oxygen atoms in total. The quantitative estimate of drug-likeness (QED) is 0.734. The van der Waals surface area contributed by atoms with Crippen LogP contribution in [0.2, 0.25) is 0 Å². The molecule has 1 heterocycles. The molecule has 0 unspecified atom stereocenters. The summed E-state index contributed by atoms with van der Waals surface area (Å²) in [4.78, 5) is 17.7. The highest BCUT2D eigenvalue weighted by molar-refractivity contribution is 5.88. The normalized spacial score (nSPS) is 10.5. The summed E-state index contributed by atoms with van der Waals surface area (Å²) in [6.07, 6.45) is 1.26. The van der Waals surface area contributed by atoms with Gasteiger partial charge in [0.2, 0.25) is 5.88 Å². The molecular weight excluding hydrogens is 242 g/mol. The van der Waals surface area contributed by atoms with Crippen LogP contribution in [0.5, 0.6) is 11.6 Å². The maximum atomic E-state index is 11.4. The lowest BCUT2D eigenvalue weighted by Crippen LogP contribution is -2.13. The molecule has 0 radical (unpaired) electrons. The van der Waals surface area contributed by atoms with E-state index in [1.807, 2.05) is 42.5 Å². The molecule has 0 saturated carbocycles. The van der Waals surface area contributed by atoms with Gasteiger partial charge in [0.05, 0.1) is 6.33 Å². The molecule has 0 aliphatic rings. The molecule has 3 N–H and O–H groups in total. The smallest absolute Gasteiger partial charge is 0.277 e. The Bertz CT molecular complexity index is 791. The summed E-state index contributed by atoms with van der Waals surface area (Å²) in [5.74, 6) is 0.725. The number of anilines is 1. The van der Waals surface area contributed by atoms with Crippen LogP contribution >= 0.6 is 0 Å². The van der Waals surface area contributed by atoms with E-state index in [9.17, 15) is 4.79 Å². The van der Waals surface area contributed by atoms with Gasteiger partial charge in [-0.05, 0) is 11.5 Å². The monoisotopic (exact) mass is 253 g/mol. The summed E-state index contributed by atoms with van der Waals surface area (Å²) in [5.41, 5.74) is 5.20. The Balaban J connectivity index is 2.11. The lowest BCUT2D eigenvalue weighted by molar-refractivity contribution is 0.468. The van der Waals surface area contributed by atoms with Crippen molar-refractivity contribution in [1.82, 2.24) is 9.97 Å². The summed E-state index contributed by atoms with van der Waals surface area (Å²) >= 11 is 0. The van der Waals surface area contributed by atoms with Crippen LogP contribution in [0, 0.1) is 0 Å². The number of nitrogens with zero attached hydrogens (tertiary/aromatic N) is 1. The number of hydrogen-bond donors (Lipinski definition) is 2. The van der Waals surface area contributed by atoms with Crippen molar-refractivity contribution in [3.8, 4) is 11.6 Å². The van der Waals surface area contributed by atoms with E-state index >= 15 is 0 Å². The Kier molecular flexibility index (Phi) is 2.64. The summed E-state index contributed by atoms with van der Waals surface area (Å²) < 4.78 is 5.65. The van der Waals surface area contributed by atoms with Gasteiger partial charge < -0.3 is 15.5 Å². The van der Waals surface area contributed by atoms with Crippen molar-refractivity contribution in [3.05, 3.63) is 59.1 Å². The van der Waals surface area contributed by atoms with Crippen LogP contribution in [0.25, 0.3) is 10.8 Å². The molecule has 0 saturated heterocycles. The van der Waals surface area contributed by atoms with Crippen LogP contribution in [0.4, 0.5) is 5.69 Å². The van der Waals surface area contributed by atoms with Gasteiger partial charge >= 0.3 is 0 Å². The number of ether oxygens (including phenoxy) is 1. The maximum absolute atomic E-state index is 11.4. The minimum atomic E-state index is -0.412. The Morgan fingerprint density at radius 2 is 1.89 bits per heavy atom. The topological polar surface area (TPSA) is 81.0 Å². The number of rotatable bonds is 2. The molecule has 3 rings (SSSR count). The van der Waals surface area contributed by atoms with Crippen molar-refractivity contribution in [3.63, 3.8) is 0 Å². The number of aromatic nitrogens is 2. The number of aromatic amines is 1. The molecular formula is C14H11N3O2. The highest BCUT2D eigenvalue weighted by Crippen LogP contribution is 2.29. The van der Waals surface area contributed by atoms with Gasteiger partial charge in [-0.3, -0.25) is 4.79 Å². The molecule has 2 aromatic carbocycles. The Hall–Kier alpha value is -2.82. The minimum Gasteiger partial charge on any atom is -0.436 e. The second-order valence-electron chi connectivity index (χ2n) is 4.03. The fourth-order valence-electron chi connectivity index (χ4n) is 1.86. The first kappa shape index (κ1) is 11.3. The van der Waals surface area contributed by atoms with E-state index in [0.29, 0.717) is 5.75 Å². The number of fused-ring (bicyclic) bond motifs is 1. The second kappa shape index (κ2) is 4.45. The van der Waals surface area contributed by atoms with Gasteiger partial charge in [0.1, 0.15) is 5.75 Å². The van der Waals surface area contributed by atoms with Crippen molar-refractivity contribution in [2.75, 3.05) is 5.73 Å². The van der Waals surface area contributed by atoms with Crippen molar-refractivity contribution in [2.24, 2.45) is 0 Å². The van der Waals surface area contributed by atoms with Crippen LogP contribution in [0.15, 0.2) is 53.6 Å². The number of H-pyrrole nitrogens is 1. The lowest BCUT2D eigenvalue weighted by atomic mass is 10.1. The maximum Gasteiger partial charge on any atom is 0.277 e. The van der Waals surface area contributed by atoms with Gasteiger partial charge in [0.15, 0.2) is 5.69 Å².